The second-order valence-corrected chi connectivity index (χ2v) is 10.7. The van der Waals surface area contributed by atoms with Gasteiger partial charge in [0.25, 0.3) is 0 Å². The Morgan fingerprint density at radius 3 is 2.18 bits per heavy atom. The van der Waals surface area contributed by atoms with Crippen LogP contribution in [-0.2, 0) is 15.0 Å². The number of hydrogen-bond acceptors (Lipinski definition) is 4. The summed E-state index contributed by atoms with van der Waals surface area (Å²) in [5.74, 6) is 0.919. The van der Waals surface area contributed by atoms with Crippen LogP contribution in [0.5, 0.6) is 11.5 Å². The zero-order valence-electron chi connectivity index (χ0n) is 19.8. The van der Waals surface area contributed by atoms with E-state index in [1.165, 1.54) is 5.56 Å². The topological polar surface area (TPSA) is 64.6 Å². The minimum absolute atomic E-state index is 0.0539. The Morgan fingerprint density at radius 1 is 0.939 bits per heavy atom. The number of methoxy groups -OCH3 is 2. The van der Waals surface area contributed by atoms with Crippen LogP contribution in [0.3, 0.4) is 0 Å². The summed E-state index contributed by atoms with van der Waals surface area (Å²) < 4.78 is 11.7. The van der Waals surface area contributed by atoms with Gasteiger partial charge < -0.3 is 14.8 Å². The fourth-order valence-corrected chi connectivity index (χ4v) is 5.45. The molecule has 1 aliphatic carbocycles. The van der Waals surface area contributed by atoms with E-state index in [1.54, 1.807) is 14.2 Å². The van der Waals surface area contributed by atoms with E-state index in [0.29, 0.717) is 29.9 Å². The monoisotopic (exact) mass is 511 g/mol. The Morgan fingerprint density at radius 2 is 1.58 bits per heavy atom. The van der Waals surface area contributed by atoms with Crippen molar-refractivity contribution in [2.75, 3.05) is 14.2 Å². The van der Waals surface area contributed by atoms with Gasteiger partial charge in [-0.3, -0.25) is 9.59 Å². The average Bonchev–Trinajstić information content (AvgIpc) is 2.77. The van der Waals surface area contributed by atoms with Crippen molar-refractivity contribution < 1.29 is 19.1 Å². The third kappa shape index (κ3) is 4.58. The molecular formula is C27H30BrNO4. The lowest BCUT2D eigenvalue weighted by molar-refractivity contribution is -0.122. The summed E-state index contributed by atoms with van der Waals surface area (Å²) in [6.07, 6.45) is 1.30. The van der Waals surface area contributed by atoms with E-state index in [0.717, 1.165) is 21.3 Å². The zero-order valence-corrected chi connectivity index (χ0v) is 21.3. The normalized spacial score (nSPS) is 20.9. The maximum atomic E-state index is 13.4. The van der Waals surface area contributed by atoms with Gasteiger partial charge in [0, 0.05) is 34.5 Å². The fraction of sp³-hybridized carbons (Fsp3) is 0.407. The quantitative estimate of drug-likeness (QED) is 0.565. The SMILES string of the molecule is COc1cc(Br)c(C2CC(=O)NC3=C2C(=O)CC(c2ccc(C(C)(C)C)cc2)C3)cc1OC. The number of benzene rings is 2. The summed E-state index contributed by atoms with van der Waals surface area (Å²) in [4.78, 5) is 26.1. The van der Waals surface area contributed by atoms with Gasteiger partial charge in [0.15, 0.2) is 17.3 Å². The van der Waals surface area contributed by atoms with Crippen molar-refractivity contribution in [2.45, 2.75) is 57.3 Å². The third-order valence-electron chi connectivity index (χ3n) is 6.66. The largest absolute Gasteiger partial charge is 0.493 e. The zero-order chi connectivity index (χ0) is 23.9. The molecule has 0 bridgehead atoms. The van der Waals surface area contributed by atoms with Crippen LogP contribution in [-0.4, -0.2) is 25.9 Å². The maximum absolute atomic E-state index is 13.4. The highest BCUT2D eigenvalue weighted by molar-refractivity contribution is 9.10. The maximum Gasteiger partial charge on any atom is 0.225 e. The van der Waals surface area contributed by atoms with E-state index in [-0.39, 0.29) is 35.4 Å². The molecule has 0 saturated heterocycles. The lowest BCUT2D eigenvalue weighted by Crippen LogP contribution is -2.38. The van der Waals surface area contributed by atoms with Gasteiger partial charge in [-0.2, -0.15) is 0 Å². The van der Waals surface area contributed by atoms with Crippen LogP contribution in [0.1, 0.15) is 68.6 Å². The van der Waals surface area contributed by atoms with Crippen molar-refractivity contribution >= 4 is 27.6 Å². The number of ether oxygens (including phenoxy) is 2. The van der Waals surface area contributed by atoms with Gasteiger partial charge in [-0.1, -0.05) is 61.0 Å². The van der Waals surface area contributed by atoms with Gasteiger partial charge >= 0.3 is 0 Å². The van der Waals surface area contributed by atoms with Crippen molar-refractivity contribution in [1.82, 2.24) is 5.32 Å². The molecule has 5 nitrogen and oxygen atoms in total. The first-order valence-electron chi connectivity index (χ1n) is 11.2. The van der Waals surface area contributed by atoms with Crippen molar-refractivity contribution in [3.8, 4) is 11.5 Å². The molecule has 2 aromatic rings. The average molecular weight is 512 g/mol. The number of carbonyl (C=O) groups is 2. The first-order chi connectivity index (χ1) is 15.6. The van der Waals surface area contributed by atoms with Crippen LogP contribution in [0.2, 0.25) is 0 Å². The molecule has 2 aromatic carbocycles. The number of allylic oxidation sites excluding steroid dienone is 2. The summed E-state index contributed by atoms with van der Waals surface area (Å²) in [6, 6.07) is 12.2. The standard InChI is InChI=1S/C27H30BrNO4/c1-27(2,3)17-8-6-15(7-9-17)16-10-21-26(22(30)11-16)19(13-25(31)29-21)18-12-23(32-4)24(33-5)14-20(18)28/h6-9,12,14,16,19H,10-11,13H2,1-5H3,(H,29,31). The fourth-order valence-electron chi connectivity index (χ4n) is 4.85. The Hall–Kier alpha value is -2.60. The molecule has 0 aromatic heterocycles. The van der Waals surface area contributed by atoms with Crippen LogP contribution in [0.4, 0.5) is 0 Å². The summed E-state index contributed by atoms with van der Waals surface area (Å²) in [5, 5.41) is 3.00. The lowest BCUT2D eigenvalue weighted by Gasteiger charge is -2.35. The number of Topliss-reactive ketones (excluding diaryl/α,β-unsaturated/α-hetero) is 1. The number of carbonyl (C=O) groups excluding carboxylic acids is 2. The van der Waals surface area contributed by atoms with E-state index < -0.39 is 0 Å². The molecule has 4 rings (SSSR count). The second-order valence-electron chi connectivity index (χ2n) is 9.83. The molecule has 2 unspecified atom stereocenters. The van der Waals surface area contributed by atoms with E-state index in [9.17, 15) is 9.59 Å². The molecule has 1 heterocycles. The number of rotatable bonds is 4. The summed E-state index contributed by atoms with van der Waals surface area (Å²) in [5.41, 5.74) is 4.79. The van der Waals surface area contributed by atoms with Gasteiger partial charge in [-0.15, -0.1) is 0 Å². The smallest absolute Gasteiger partial charge is 0.225 e. The lowest BCUT2D eigenvalue weighted by atomic mass is 9.73. The van der Waals surface area contributed by atoms with E-state index in [1.807, 2.05) is 12.1 Å². The van der Waals surface area contributed by atoms with Gasteiger partial charge in [0.2, 0.25) is 5.91 Å². The molecule has 0 spiro atoms. The van der Waals surface area contributed by atoms with Crippen LogP contribution < -0.4 is 14.8 Å². The second kappa shape index (κ2) is 8.98. The van der Waals surface area contributed by atoms with Crippen LogP contribution in [0.25, 0.3) is 0 Å². The summed E-state index contributed by atoms with van der Waals surface area (Å²) in [7, 11) is 3.16. The van der Waals surface area contributed by atoms with E-state index >= 15 is 0 Å². The number of nitrogens with one attached hydrogen (secondary N) is 1. The third-order valence-corrected chi connectivity index (χ3v) is 7.35. The predicted molar refractivity (Wildman–Crippen MR) is 132 cm³/mol. The molecule has 2 aliphatic rings. The molecular weight excluding hydrogens is 482 g/mol. The molecule has 2 atom stereocenters. The van der Waals surface area contributed by atoms with E-state index in [2.05, 4.69) is 66.3 Å². The highest BCUT2D eigenvalue weighted by atomic mass is 79.9. The Labute approximate surface area is 203 Å². The number of amides is 1. The highest BCUT2D eigenvalue weighted by Gasteiger charge is 2.39. The predicted octanol–water partition coefficient (Wildman–Crippen LogP) is 5.77. The van der Waals surface area contributed by atoms with Gasteiger partial charge in [0.05, 0.1) is 14.2 Å². The summed E-state index contributed by atoms with van der Waals surface area (Å²) >= 11 is 3.61. The molecule has 1 amide bonds. The van der Waals surface area contributed by atoms with Crippen molar-refractivity contribution in [3.05, 3.63) is 68.8 Å². The van der Waals surface area contributed by atoms with Gasteiger partial charge in [-0.25, -0.2) is 0 Å². The number of halogens is 1. The first kappa shape index (κ1) is 23.6. The van der Waals surface area contributed by atoms with Gasteiger partial charge in [0.1, 0.15) is 0 Å². The van der Waals surface area contributed by atoms with Gasteiger partial charge in [-0.05, 0) is 46.6 Å². The Balaban J connectivity index is 1.70. The van der Waals surface area contributed by atoms with Crippen molar-refractivity contribution in [3.63, 3.8) is 0 Å². The molecule has 1 aliphatic heterocycles. The molecule has 6 heteroatoms. The van der Waals surface area contributed by atoms with E-state index in [4.69, 9.17) is 9.47 Å². The van der Waals surface area contributed by atoms with Crippen LogP contribution in [0.15, 0.2) is 52.1 Å². The van der Waals surface area contributed by atoms with Crippen LogP contribution >= 0.6 is 15.9 Å². The number of ketones is 1. The van der Waals surface area contributed by atoms with Crippen LogP contribution in [0, 0.1) is 0 Å². The molecule has 0 saturated carbocycles. The number of hydrogen-bond donors (Lipinski definition) is 1. The van der Waals surface area contributed by atoms with Crippen molar-refractivity contribution in [1.29, 1.82) is 0 Å². The summed E-state index contributed by atoms with van der Waals surface area (Å²) in [6.45, 7) is 6.56. The molecule has 1 N–H and O–H groups in total. The van der Waals surface area contributed by atoms with Crippen molar-refractivity contribution in [2.24, 2.45) is 0 Å². The Bertz CT molecular complexity index is 1130. The Kier molecular flexibility index (Phi) is 6.41. The molecule has 0 fully saturated rings. The minimum Gasteiger partial charge on any atom is -0.493 e. The highest BCUT2D eigenvalue weighted by Crippen LogP contribution is 2.46. The molecule has 174 valence electrons. The molecule has 0 radical (unpaired) electrons. The first-order valence-corrected chi connectivity index (χ1v) is 12.0. The minimum atomic E-state index is -0.320. The molecule has 33 heavy (non-hydrogen) atoms.